The molecule has 3 rings (SSSR count). The zero-order valence-electron chi connectivity index (χ0n) is 14.0. The molecular weight excluding hydrogens is 340 g/mol. The Kier molecular flexibility index (Phi) is 5.74. The van der Waals surface area contributed by atoms with Gasteiger partial charge in [-0.05, 0) is 49.1 Å². The second kappa shape index (κ2) is 7.99. The summed E-state index contributed by atoms with van der Waals surface area (Å²) in [5.41, 5.74) is 4.61. The van der Waals surface area contributed by atoms with E-state index in [4.69, 9.17) is 16.6 Å². The van der Waals surface area contributed by atoms with Crippen molar-refractivity contribution < 1.29 is 0 Å². The first-order valence-electron chi connectivity index (χ1n) is 8.18. The number of aliphatic imine (C=N–C) groups is 1. The fourth-order valence-electron chi connectivity index (χ4n) is 2.76. The number of nitrogens with zero attached hydrogens (tertiary/aromatic N) is 3. The zero-order chi connectivity index (χ0) is 16.9. The molecule has 1 aromatic carbocycles. The molecule has 0 aliphatic carbocycles. The molecular formula is C18H21ClN4S. The molecule has 0 unspecified atom stereocenters. The summed E-state index contributed by atoms with van der Waals surface area (Å²) < 4.78 is 0. The van der Waals surface area contributed by atoms with E-state index >= 15 is 0 Å². The van der Waals surface area contributed by atoms with Crippen molar-refractivity contribution in [2.45, 2.75) is 32.6 Å². The van der Waals surface area contributed by atoms with Crippen LogP contribution in [0, 0.1) is 0 Å². The first kappa shape index (κ1) is 17.2. The number of aryl methyl sites for hydroxylation is 2. The third kappa shape index (κ3) is 3.90. The van der Waals surface area contributed by atoms with Crippen molar-refractivity contribution in [3.05, 3.63) is 46.4 Å². The summed E-state index contributed by atoms with van der Waals surface area (Å²) in [5, 5.41) is 5.16. The minimum Gasteiger partial charge on any atom is -0.368 e. The predicted molar refractivity (Wildman–Crippen MR) is 104 cm³/mol. The van der Waals surface area contributed by atoms with Gasteiger partial charge in [-0.2, -0.15) is 0 Å². The monoisotopic (exact) mass is 360 g/mol. The average molecular weight is 361 g/mol. The first-order valence-corrected chi connectivity index (χ1v) is 9.78. The van der Waals surface area contributed by atoms with Crippen molar-refractivity contribution in [3.63, 3.8) is 0 Å². The van der Waals surface area contributed by atoms with E-state index in [1.807, 2.05) is 6.92 Å². The molecule has 1 aromatic heterocycles. The van der Waals surface area contributed by atoms with E-state index in [9.17, 15) is 0 Å². The van der Waals surface area contributed by atoms with Gasteiger partial charge in [0.05, 0.1) is 16.4 Å². The maximum Gasteiger partial charge on any atom is 0.148 e. The summed E-state index contributed by atoms with van der Waals surface area (Å²) in [6.07, 6.45) is 7.50. The van der Waals surface area contributed by atoms with Gasteiger partial charge in [0.25, 0.3) is 0 Å². The second-order valence-corrected chi connectivity index (χ2v) is 6.94. The molecule has 2 aromatic rings. The number of anilines is 1. The largest absolute Gasteiger partial charge is 0.368 e. The van der Waals surface area contributed by atoms with Crippen LogP contribution in [-0.2, 0) is 19.3 Å². The lowest BCUT2D eigenvalue weighted by Gasteiger charge is -2.15. The summed E-state index contributed by atoms with van der Waals surface area (Å²) in [4.78, 5) is 13.2. The highest BCUT2D eigenvalue weighted by Gasteiger charge is 2.12. The van der Waals surface area contributed by atoms with E-state index < -0.39 is 0 Å². The minimum absolute atomic E-state index is 0.625. The number of hydrogen-bond acceptors (Lipinski definition) is 5. The van der Waals surface area contributed by atoms with Crippen LogP contribution < -0.4 is 5.32 Å². The van der Waals surface area contributed by atoms with Crippen LogP contribution in [0.4, 0.5) is 11.5 Å². The summed E-state index contributed by atoms with van der Waals surface area (Å²) in [6.45, 7) is 2.81. The molecule has 0 saturated carbocycles. The van der Waals surface area contributed by atoms with E-state index in [-0.39, 0.29) is 0 Å². The molecule has 0 spiro atoms. The van der Waals surface area contributed by atoms with Crippen LogP contribution >= 0.6 is 23.4 Å². The molecule has 126 valence electrons. The quantitative estimate of drug-likeness (QED) is 0.840. The topological polar surface area (TPSA) is 50.2 Å². The van der Waals surface area contributed by atoms with Gasteiger partial charge in [0.2, 0.25) is 0 Å². The Morgan fingerprint density at radius 3 is 2.92 bits per heavy atom. The molecule has 6 heteroatoms. The lowest BCUT2D eigenvalue weighted by molar-refractivity contribution is 0.963. The van der Waals surface area contributed by atoms with Gasteiger partial charge < -0.3 is 5.32 Å². The number of benzene rings is 1. The molecule has 1 aliphatic rings. The maximum atomic E-state index is 6.31. The third-order valence-electron chi connectivity index (χ3n) is 4.14. The standard InChI is InChI=1S/C18H21ClN4S/c1-3-14-17(19)18(22-11-21-14)20-9-8-12-4-5-13-6-7-16(24-2)23-15(13)10-12/h4-5,10-11H,3,6-9H2,1-2H3,(H,20,21,22). The summed E-state index contributed by atoms with van der Waals surface area (Å²) in [7, 11) is 0. The zero-order valence-corrected chi connectivity index (χ0v) is 15.5. The highest BCUT2D eigenvalue weighted by Crippen LogP contribution is 2.29. The normalized spacial score (nSPS) is 13.4. The van der Waals surface area contributed by atoms with Gasteiger partial charge in [0.15, 0.2) is 0 Å². The summed E-state index contributed by atoms with van der Waals surface area (Å²) in [6, 6.07) is 6.60. The highest BCUT2D eigenvalue weighted by atomic mass is 35.5. The number of hydrogen-bond donors (Lipinski definition) is 1. The van der Waals surface area contributed by atoms with Crippen LogP contribution in [0.15, 0.2) is 29.5 Å². The summed E-state index contributed by atoms with van der Waals surface area (Å²) >= 11 is 8.05. The first-order chi connectivity index (χ1) is 11.7. The molecule has 1 N–H and O–H groups in total. The number of halogens is 1. The molecule has 4 nitrogen and oxygen atoms in total. The van der Waals surface area contributed by atoms with Crippen LogP contribution in [0.3, 0.4) is 0 Å². The van der Waals surface area contributed by atoms with Crippen molar-refractivity contribution in [3.8, 4) is 0 Å². The molecule has 24 heavy (non-hydrogen) atoms. The Balaban J connectivity index is 1.65. The molecule has 0 atom stereocenters. The molecule has 1 aliphatic heterocycles. The number of rotatable bonds is 5. The molecule has 0 fully saturated rings. The Labute approximate surface area is 152 Å². The Morgan fingerprint density at radius 1 is 1.25 bits per heavy atom. The van der Waals surface area contributed by atoms with Crippen molar-refractivity contribution in [1.29, 1.82) is 0 Å². The highest BCUT2D eigenvalue weighted by molar-refractivity contribution is 8.13. The van der Waals surface area contributed by atoms with Crippen LogP contribution in [-0.4, -0.2) is 27.8 Å². The molecule has 0 amide bonds. The van der Waals surface area contributed by atoms with E-state index in [0.717, 1.165) is 43.6 Å². The number of aromatic nitrogens is 2. The van der Waals surface area contributed by atoms with Crippen LogP contribution in [0.2, 0.25) is 5.02 Å². The smallest absolute Gasteiger partial charge is 0.148 e. The van der Waals surface area contributed by atoms with Gasteiger partial charge in [0, 0.05) is 6.54 Å². The molecule has 0 bridgehead atoms. The number of thioether (sulfide) groups is 1. The molecule has 0 radical (unpaired) electrons. The summed E-state index contributed by atoms with van der Waals surface area (Å²) in [5.74, 6) is 0.712. The fourth-order valence-corrected chi connectivity index (χ4v) is 3.56. The van der Waals surface area contributed by atoms with E-state index in [1.165, 1.54) is 16.2 Å². The number of fused-ring (bicyclic) bond motifs is 1. The van der Waals surface area contributed by atoms with Crippen molar-refractivity contribution in [1.82, 2.24) is 9.97 Å². The van der Waals surface area contributed by atoms with Gasteiger partial charge in [-0.3, -0.25) is 0 Å². The lowest BCUT2D eigenvalue weighted by Crippen LogP contribution is -2.09. The van der Waals surface area contributed by atoms with Gasteiger partial charge in [-0.25, -0.2) is 15.0 Å². The van der Waals surface area contributed by atoms with Gasteiger partial charge >= 0.3 is 0 Å². The Bertz CT molecular complexity index is 761. The van der Waals surface area contributed by atoms with Gasteiger partial charge in [-0.15, -0.1) is 11.8 Å². The van der Waals surface area contributed by atoms with Gasteiger partial charge in [-0.1, -0.05) is 30.7 Å². The van der Waals surface area contributed by atoms with E-state index in [0.29, 0.717) is 10.8 Å². The fraction of sp³-hybridized carbons (Fsp3) is 0.389. The van der Waals surface area contributed by atoms with Crippen LogP contribution in [0.5, 0.6) is 0 Å². The van der Waals surface area contributed by atoms with Crippen molar-refractivity contribution in [2.75, 3.05) is 18.1 Å². The Hall–Kier alpha value is -1.59. The molecule has 2 heterocycles. The minimum atomic E-state index is 0.625. The number of nitrogens with one attached hydrogen (secondary N) is 1. The maximum absolute atomic E-state index is 6.31. The van der Waals surface area contributed by atoms with E-state index in [1.54, 1.807) is 18.1 Å². The van der Waals surface area contributed by atoms with Gasteiger partial charge in [0.1, 0.15) is 17.2 Å². The van der Waals surface area contributed by atoms with E-state index in [2.05, 4.69) is 39.7 Å². The third-order valence-corrected chi connectivity index (χ3v) is 5.31. The lowest BCUT2D eigenvalue weighted by atomic mass is 10.0. The van der Waals surface area contributed by atoms with Crippen molar-refractivity contribution >= 4 is 39.9 Å². The van der Waals surface area contributed by atoms with Crippen LogP contribution in [0.1, 0.15) is 30.2 Å². The molecule has 0 saturated heterocycles. The average Bonchev–Trinajstić information content (AvgIpc) is 2.62. The SMILES string of the molecule is CCc1ncnc(NCCc2ccc3c(c2)N=C(SC)CC3)c1Cl. The van der Waals surface area contributed by atoms with Crippen LogP contribution in [0.25, 0.3) is 0 Å². The predicted octanol–water partition coefficient (Wildman–Crippen LogP) is 4.69. The Morgan fingerprint density at radius 2 is 2.12 bits per heavy atom. The second-order valence-electron chi connectivity index (χ2n) is 5.69. The van der Waals surface area contributed by atoms with Crippen molar-refractivity contribution in [2.24, 2.45) is 4.99 Å².